The summed E-state index contributed by atoms with van der Waals surface area (Å²) in [5.74, 6) is 1.53. The molecule has 19 heavy (non-hydrogen) atoms. The van der Waals surface area contributed by atoms with Crippen LogP contribution in [0.15, 0.2) is 0 Å². The summed E-state index contributed by atoms with van der Waals surface area (Å²) in [6.07, 6.45) is 9.03. The summed E-state index contributed by atoms with van der Waals surface area (Å²) in [6, 6.07) is 0.359. The molecular formula is C16H30N2O. The normalized spacial score (nSPS) is 29.9. The molecule has 0 aromatic carbocycles. The lowest BCUT2D eigenvalue weighted by Gasteiger charge is -2.30. The molecule has 2 saturated carbocycles. The fourth-order valence-corrected chi connectivity index (χ4v) is 4.08. The van der Waals surface area contributed by atoms with E-state index in [0.717, 1.165) is 38.6 Å². The zero-order valence-corrected chi connectivity index (χ0v) is 12.6. The molecule has 2 unspecified atom stereocenters. The summed E-state index contributed by atoms with van der Waals surface area (Å²) in [5, 5.41) is 3.24. The van der Waals surface area contributed by atoms with Crippen molar-refractivity contribution in [3.63, 3.8) is 0 Å². The molecular weight excluding hydrogens is 236 g/mol. The van der Waals surface area contributed by atoms with E-state index in [1.54, 1.807) is 0 Å². The molecule has 0 aliphatic heterocycles. The highest BCUT2D eigenvalue weighted by Crippen LogP contribution is 2.43. The van der Waals surface area contributed by atoms with Gasteiger partial charge < -0.3 is 11.1 Å². The van der Waals surface area contributed by atoms with Crippen LogP contribution in [0.5, 0.6) is 0 Å². The van der Waals surface area contributed by atoms with Crippen LogP contribution in [0.2, 0.25) is 0 Å². The van der Waals surface area contributed by atoms with Crippen LogP contribution in [0.4, 0.5) is 0 Å². The highest BCUT2D eigenvalue weighted by Gasteiger charge is 2.41. The van der Waals surface area contributed by atoms with Gasteiger partial charge in [0.25, 0.3) is 0 Å². The Morgan fingerprint density at radius 1 is 1.32 bits per heavy atom. The fourth-order valence-electron chi connectivity index (χ4n) is 4.08. The third kappa shape index (κ3) is 3.71. The average molecular weight is 266 g/mol. The first-order chi connectivity index (χ1) is 9.02. The lowest BCUT2D eigenvalue weighted by Crippen LogP contribution is -2.42. The molecule has 0 aromatic heterocycles. The van der Waals surface area contributed by atoms with Crippen LogP contribution in [0.1, 0.15) is 65.2 Å². The minimum Gasteiger partial charge on any atom is -0.355 e. The van der Waals surface area contributed by atoms with Gasteiger partial charge in [0, 0.05) is 18.0 Å². The third-order valence-corrected chi connectivity index (χ3v) is 4.97. The molecule has 0 radical (unpaired) electrons. The molecule has 1 amide bonds. The van der Waals surface area contributed by atoms with Gasteiger partial charge in [-0.05, 0) is 50.4 Å². The van der Waals surface area contributed by atoms with Crippen molar-refractivity contribution in [2.24, 2.45) is 23.0 Å². The van der Waals surface area contributed by atoms with Gasteiger partial charge in [-0.2, -0.15) is 0 Å². The molecule has 2 rings (SSSR count). The number of carbonyl (C=O) groups is 1. The maximum Gasteiger partial charge on any atom is 0.226 e. The Kier molecular flexibility index (Phi) is 4.88. The van der Waals surface area contributed by atoms with Crippen LogP contribution in [0.3, 0.4) is 0 Å². The van der Waals surface area contributed by atoms with Gasteiger partial charge in [-0.3, -0.25) is 4.79 Å². The van der Waals surface area contributed by atoms with Crippen LogP contribution < -0.4 is 11.1 Å². The van der Waals surface area contributed by atoms with Gasteiger partial charge in [0.05, 0.1) is 0 Å². The number of nitrogens with two attached hydrogens (primary N) is 1. The number of rotatable bonds is 5. The maximum atomic E-state index is 12.6. The second-order valence-electron chi connectivity index (χ2n) is 7.23. The number of carbonyl (C=O) groups excluding carboxylic acids is 1. The number of hydrogen-bond donors (Lipinski definition) is 2. The summed E-state index contributed by atoms with van der Waals surface area (Å²) >= 11 is 0. The molecule has 0 heterocycles. The highest BCUT2D eigenvalue weighted by molar-refractivity contribution is 5.82. The monoisotopic (exact) mass is 266 g/mol. The first-order valence-electron chi connectivity index (χ1n) is 8.06. The Balaban J connectivity index is 1.85. The minimum absolute atomic E-state index is 0.0606. The van der Waals surface area contributed by atoms with E-state index in [1.165, 1.54) is 19.3 Å². The van der Waals surface area contributed by atoms with Crippen molar-refractivity contribution in [2.75, 3.05) is 6.54 Å². The summed E-state index contributed by atoms with van der Waals surface area (Å²) < 4.78 is 0. The molecule has 0 saturated heterocycles. The number of nitrogens with one attached hydrogen (secondary N) is 1. The quantitative estimate of drug-likeness (QED) is 0.804. The Bertz CT molecular complexity index is 308. The lowest BCUT2D eigenvalue weighted by atomic mass is 9.77. The molecule has 3 N–H and O–H groups in total. The Labute approximate surface area is 117 Å². The van der Waals surface area contributed by atoms with Crippen LogP contribution in [-0.4, -0.2) is 18.5 Å². The van der Waals surface area contributed by atoms with Crippen molar-refractivity contribution in [3.8, 4) is 0 Å². The van der Waals surface area contributed by atoms with Gasteiger partial charge in [-0.1, -0.05) is 26.7 Å². The smallest absolute Gasteiger partial charge is 0.226 e. The second kappa shape index (κ2) is 6.25. The number of hydrogen-bond acceptors (Lipinski definition) is 2. The summed E-state index contributed by atoms with van der Waals surface area (Å²) in [6.45, 7) is 5.29. The zero-order chi connectivity index (χ0) is 13.9. The molecule has 2 aliphatic carbocycles. The molecule has 3 nitrogen and oxygen atoms in total. The van der Waals surface area contributed by atoms with Crippen molar-refractivity contribution < 1.29 is 4.79 Å². The third-order valence-electron chi connectivity index (χ3n) is 4.97. The van der Waals surface area contributed by atoms with Gasteiger partial charge in [-0.15, -0.1) is 0 Å². The Morgan fingerprint density at radius 2 is 2.00 bits per heavy atom. The maximum absolute atomic E-state index is 12.6. The summed E-state index contributed by atoms with van der Waals surface area (Å²) in [7, 11) is 0. The Morgan fingerprint density at radius 3 is 2.53 bits per heavy atom. The molecule has 2 fully saturated rings. The van der Waals surface area contributed by atoms with Crippen molar-refractivity contribution in [2.45, 2.75) is 71.3 Å². The molecule has 0 aromatic rings. The molecule has 3 heteroatoms. The summed E-state index contributed by atoms with van der Waals surface area (Å²) in [5.41, 5.74) is 5.87. The SMILES string of the molecule is CC(C)CC1(C(=O)NCC2CCC(N)C2)CCCC1. The van der Waals surface area contributed by atoms with Gasteiger partial charge in [0.15, 0.2) is 0 Å². The van der Waals surface area contributed by atoms with E-state index in [1.807, 2.05) is 0 Å². The van der Waals surface area contributed by atoms with Gasteiger partial charge in [0.2, 0.25) is 5.91 Å². The molecule has 0 bridgehead atoms. The largest absolute Gasteiger partial charge is 0.355 e. The van der Waals surface area contributed by atoms with Gasteiger partial charge in [-0.25, -0.2) is 0 Å². The van der Waals surface area contributed by atoms with E-state index < -0.39 is 0 Å². The first-order valence-corrected chi connectivity index (χ1v) is 8.06. The van der Waals surface area contributed by atoms with E-state index in [2.05, 4.69) is 19.2 Å². The predicted octanol–water partition coefficient (Wildman–Crippen LogP) is 2.84. The van der Waals surface area contributed by atoms with Crippen LogP contribution in [0, 0.1) is 17.3 Å². The van der Waals surface area contributed by atoms with Crippen molar-refractivity contribution in [3.05, 3.63) is 0 Å². The van der Waals surface area contributed by atoms with Crippen molar-refractivity contribution >= 4 is 5.91 Å². The van der Waals surface area contributed by atoms with Crippen LogP contribution in [0.25, 0.3) is 0 Å². The standard InChI is InChI=1S/C16H30N2O/c1-12(2)10-16(7-3-4-8-16)15(19)18-11-13-5-6-14(17)9-13/h12-14H,3-11,17H2,1-2H3,(H,18,19). The number of amides is 1. The predicted molar refractivity (Wildman–Crippen MR) is 78.7 cm³/mol. The fraction of sp³-hybridized carbons (Fsp3) is 0.938. The first kappa shape index (κ1) is 14.8. The van der Waals surface area contributed by atoms with E-state index in [4.69, 9.17) is 5.73 Å². The van der Waals surface area contributed by atoms with E-state index in [-0.39, 0.29) is 5.41 Å². The van der Waals surface area contributed by atoms with E-state index in [0.29, 0.717) is 23.8 Å². The minimum atomic E-state index is -0.0606. The molecule has 2 atom stereocenters. The molecule has 110 valence electrons. The zero-order valence-electron chi connectivity index (χ0n) is 12.6. The topological polar surface area (TPSA) is 55.1 Å². The van der Waals surface area contributed by atoms with E-state index in [9.17, 15) is 4.79 Å². The summed E-state index contributed by atoms with van der Waals surface area (Å²) in [4.78, 5) is 12.6. The van der Waals surface area contributed by atoms with Crippen molar-refractivity contribution in [1.29, 1.82) is 0 Å². The lowest BCUT2D eigenvalue weighted by molar-refractivity contribution is -0.132. The van der Waals surface area contributed by atoms with Gasteiger partial charge >= 0.3 is 0 Å². The van der Waals surface area contributed by atoms with E-state index >= 15 is 0 Å². The Hall–Kier alpha value is -0.570. The van der Waals surface area contributed by atoms with Crippen LogP contribution >= 0.6 is 0 Å². The van der Waals surface area contributed by atoms with Gasteiger partial charge in [0.1, 0.15) is 0 Å². The molecule has 2 aliphatic rings. The highest BCUT2D eigenvalue weighted by atomic mass is 16.2. The average Bonchev–Trinajstić information content (AvgIpc) is 2.95. The molecule has 0 spiro atoms. The second-order valence-corrected chi connectivity index (χ2v) is 7.23. The van der Waals surface area contributed by atoms with Crippen molar-refractivity contribution in [1.82, 2.24) is 5.32 Å². The van der Waals surface area contributed by atoms with Crippen LogP contribution in [-0.2, 0) is 4.79 Å².